The zero-order chi connectivity index (χ0) is 18.6. The quantitative estimate of drug-likeness (QED) is 0.830. The molecule has 1 N–H and O–H groups in total. The lowest BCUT2D eigenvalue weighted by Gasteiger charge is -2.22. The van der Waals surface area contributed by atoms with Crippen LogP contribution >= 0.6 is 0 Å². The number of phenolic OH excluding ortho intramolecular Hbond substituents is 1. The molecule has 2 aliphatic rings. The number of phenols is 1. The average Bonchev–Trinajstić information content (AvgIpc) is 3.53. The molecule has 0 amide bonds. The number of rotatable bonds is 6. The zero-order valence-corrected chi connectivity index (χ0v) is 15.4. The lowest BCUT2D eigenvalue weighted by Crippen LogP contribution is -2.17. The van der Waals surface area contributed by atoms with Crippen LogP contribution in [0.5, 0.6) is 17.4 Å². The largest absolute Gasteiger partial charge is 0.507 e. The summed E-state index contributed by atoms with van der Waals surface area (Å²) in [6.45, 7) is 1.58. The summed E-state index contributed by atoms with van der Waals surface area (Å²) in [5.74, 6) is 1.54. The molecule has 5 heteroatoms. The molecule has 1 fully saturated rings. The number of hydrogen-bond acceptors (Lipinski definition) is 5. The minimum atomic E-state index is 0.245. The Morgan fingerprint density at radius 2 is 2.07 bits per heavy atom. The van der Waals surface area contributed by atoms with Crippen molar-refractivity contribution in [2.75, 3.05) is 26.9 Å². The molecule has 1 saturated carbocycles. The summed E-state index contributed by atoms with van der Waals surface area (Å²) >= 11 is 0. The van der Waals surface area contributed by atoms with Crippen LogP contribution in [-0.2, 0) is 4.74 Å². The number of aromatic hydroxyl groups is 1. The number of hydrogen-bond donors (Lipinski definition) is 1. The second-order valence-corrected chi connectivity index (χ2v) is 6.73. The molecule has 0 radical (unpaired) electrons. The molecule has 5 nitrogen and oxygen atoms in total. The number of methoxy groups -OCH3 is 1. The van der Waals surface area contributed by atoms with E-state index < -0.39 is 0 Å². The summed E-state index contributed by atoms with van der Waals surface area (Å²) in [4.78, 5) is 4.31. The molecular weight excluding hydrogens is 342 g/mol. The van der Waals surface area contributed by atoms with Gasteiger partial charge in [0, 0.05) is 11.8 Å². The Balaban J connectivity index is 1.62. The Hall–Kier alpha value is -2.79. The summed E-state index contributed by atoms with van der Waals surface area (Å²) in [6.07, 6.45) is 6.73. The fraction of sp³-hybridized carbons (Fsp3) is 0.318. The molecule has 1 aromatic carbocycles. The van der Waals surface area contributed by atoms with Gasteiger partial charge >= 0.3 is 0 Å². The van der Waals surface area contributed by atoms with Crippen LogP contribution in [0.2, 0.25) is 0 Å². The number of ether oxygens (including phenoxy) is 3. The maximum absolute atomic E-state index is 10.2. The molecular formula is C22H23NO4. The Morgan fingerprint density at radius 1 is 1.19 bits per heavy atom. The summed E-state index contributed by atoms with van der Waals surface area (Å²) in [6, 6.07) is 9.31. The van der Waals surface area contributed by atoms with Crippen LogP contribution in [0.4, 0.5) is 0 Å². The van der Waals surface area contributed by atoms with Crippen molar-refractivity contribution >= 4 is 11.6 Å². The van der Waals surface area contributed by atoms with Crippen LogP contribution in [0, 0.1) is 0 Å². The number of benzene rings is 1. The maximum atomic E-state index is 10.2. The average molecular weight is 365 g/mol. The van der Waals surface area contributed by atoms with Crippen molar-refractivity contribution in [3.05, 3.63) is 58.8 Å². The van der Waals surface area contributed by atoms with Crippen LogP contribution in [0.1, 0.15) is 30.4 Å². The topological polar surface area (TPSA) is 60.8 Å². The molecule has 0 bridgehead atoms. The third-order valence-electron chi connectivity index (χ3n) is 4.82. The molecule has 2 aromatic rings. The van der Waals surface area contributed by atoms with Gasteiger partial charge < -0.3 is 19.3 Å². The first-order valence-corrected chi connectivity index (χ1v) is 9.18. The summed E-state index contributed by atoms with van der Waals surface area (Å²) in [7, 11) is 1.63. The van der Waals surface area contributed by atoms with E-state index in [1.807, 2.05) is 24.3 Å². The molecule has 0 atom stereocenters. The third kappa shape index (κ3) is 3.98. The van der Waals surface area contributed by atoms with Crippen molar-refractivity contribution in [3.63, 3.8) is 0 Å². The van der Waals surface area contributed by atoms with Gasteiger partial charge in [-0.1, -0.05) is 11.6 Å². The first-order chi connectivity index (χ1) is 13.3. The molecule has 27 heavy (non-hydrogen) atoms. The van der Waals surface area contributed by atoms with Gasteiger partial charge in [0.2, 0.25) is 5.88 Å². The first kappa shape index (κ1) is 17.6. The van der Waals surface area contributed by atoms with Crippen LogP contribution < -0.4 is 9.47 Å². The fourth-order valence-electron chi connectivity index (χ4n) is 3.26. The smallest absolute Gasteiger partial charge is 0.220 e. The Bertz CT molecular complexity index is 895. The highest BCUT2D eigenvalue weighted by atomic mass is 16.5. The van der Waals surface area contributed by atoms with Gasteiger partial charge in [-0.2, -0.15) is 0 Å². The Labute approximate surface area is 158 Å². The second kappa shape index (κ2) is 7.84. The molecule has 4 rings (SSSR count). The number of pyridine rings is 1. The first-order valence-electron chi connectivity index (χ1n) is 9.18. The minimum absolute atomic E-state index is 0.245. The Kier molecular flexibility index (Phi) is 5.12. The van der Waals surface area contributed by atoms with Crippen molar-refractivity contribution in [2.45, 2.75) is 19.3 Å². The molecule has 1 aliphatic carbocycles. The highest BCUT2D eigenvalue weighted by molar-refractivity contribution is 5.73. The number of nitrogens with zero attached hydrogens (tertiary/aromatic N) is 1. The fourth-order valence-corrected chi connectivity index (χ4v) is 3.26. The van der Waals surface area contributed by atoms with E-state index in [0.717, 1.165) is 41.5 Å². The van der Waals surface area contributed by atoms with Gasteiger partial charge in [-0.05, 0) is 60.8 Å². The van der Waals surface area contributed by atoms with Gasteiger partial charge in [0.1, 0.15) is 18.1 Å². The van der Waals surface area contributed by atoms with E-state index in [4.69, 9.17) is 14.2 Å². The van der Waals surface area contributed by atoms with E-state index in [0.29, 0.717) is 31.5 Å². The van der Waals surface area contributed by atoms with Crippen molar-refractivity contribution in [1.82, 2.24) is 4.98 Å². The van der Waals surface area contributed by atoms with Crippen molar-refractivity contribution in [2.24, 2.45) is 0 Å². The van der Waals surface area contributed by atoms with Crippen LogP contribution in [0.15, 0.2) is 47.7 Å². The normalized spacial score (nSPS) is 16.3. The minimum Gasteiger partial charge on any atom is -0.507 e. The SMILES string of the molecule is COc1ncccc1C1=C(COc2cccc(O)c2C=C2CC2)COCC1. The van der Waals surface area contributed by atoms with Gasteiger partial charge in [0.25, 0.3) is 0 Å². The Morgan fingerprint density at radius 3 is 2.89 bits per heavy atom. The van der Waals surface area contributed by atoms with Crippen LogP contribution in [0.25, 0.3) is 11.6 Å². The van der Waals surface area contributed by atoms with E-state index in [-0.39, 0.29) is 5.75 Å². The monoisotopic (exact) mass is 365 g/mol. The van der Waals surface area contributed by atoms with Crippen molar-refractivity contribution in [3.8, 4) is 17.4 Å². The van der Waals surface area contributed by atoms with Crippen molar-refractivity contribution < 1.29 is 19.3 Å². The van der Waals surface area contributed by atoms with Gasteiger partial charge in [0.15, 0.2) is 0 Å². The predicted molar refractivity (Wildman–Crippen MR) is 104 cm³/mol. The lowest BCUT2D eigenvalue weighted by atomic mass is 9.97. The van der Waals surface area contributed by atoms with Gasteiger partial charge in [-0.25, -0.2) is 4.98 Å². The van der Waals surface area contributed by atoms with E-state index in [2.05, 4.69) is 4.98 Å². The molecule has 140 valence electrons. The third-order valence-corrected chi connectivity index (χ3v) is 4.82. The van der Waals surface area contributed by atoms with Crippen LogP contribution in [0.3, 0.4) is 0 Å². The number of aromatic nitrogens is 1. The number of allylic oxidation sites excluding steroid dienone is 1. The lowest BCUT2D eigenvalue weighted by molar-refractivity contribution is 0.144. The van der Waals surface area contributed by atoms with Gasteiger partial charge in [-0.3, -0.25) is 0 Å². The highest BCUT2D eigenvalue weighted by Gasteiger charge is 2.20. The van der Waals surface area contributed by atoms with Crippen molar-refractivity contribution in [1.29, 1.82) is 0 Å². The van der Waals surface area contributed by atoms with E-state index >= 15 is 0 Å². The van der Waals surface area contributed by atoms with E-state index in [1.54, 1.807) is 25.4 Å². The molecule has 0 unspecified atom stereocenters. The van der Waals surface area contributed by atoms with Crippen LogP contribution in [-0.4, -0.2) is 37.0 Å². The summed E-state index contributed by atoms with van der Waals surface area (Å²) < 4.78 is 17.2. The predicted octanol–water partition coefficient (Wildman–Crippen LogP) is 4.23. The van der Waals surface area contributed by atoms with Gasteiger partial charge in [0.05, 0.1) is 25.9 Å². The second-order valence-electron chi connectivity index (χ2n) is 6.73. The maximum Gasteiger partial charge on any atom is 0.220 e. The standard InChI is InChI=1S/C22H23NO4/c1-25-22-18(4-3-10-23-22)17-9-11-26-13-16(17)14-27-21-6-2-5-20(24)19(21)12-15-7-8-15/h2-6,10,12,24H,7-9,11,13-14H2,1H3. The molecule has 0 saturated heterocycles. The highest BCUT2D eigenvalue weighted by Crippen LogP contribution is 2.37. The molecule has 1 aliphatic heterocycles. The summed E-state index contributed by atoms with van der Waals surface area (Å²) in [5.41, 5.74) is 5.30. The molecule has 0 spiro atoms. The van der Waals surface area contributed by atoms with Gasteiger partial charge in [-0.15, -0.1) is 0 Å². The zero-order valence-electron chi connectivity index (χ0n) is 15.4. The van der Waals surface area contributed by atoms with E-state index in [1.165, 1.54) is 5.57 Å². The van der Waals surface area contributed by atoms with E-state index in [9.17, 15) is 5.11 Å². The molecule has 1 aromatic heterocycles. The molecule has 2 heterocycles. The summed E-state index contributed by atoms with van der Waals surface area (Å²) in [5, 5.41) is 10.2.